The molecule has 248 valence electrons. The van der Waals surface area contributed by atoms with Gasteiger partial charge in [0.05, 0.1) is 29.7 Å². The lowest BCUT2D eigenvalue weighted by molar-refractivity contribution is -0.122. The SMILES string of the molecule is COc1cc(F)c(Cc2cnn(CC(C)(C)C)c2)cc1C(=O)N[C@@H]1[C@H]2CC[C@H](C2)[C@@H]1C(=O)Nc1cccc(S(=O)(=O)C(F)(F)F)c1. The zero-order valence-electron chi connectivity index (χ0n) is 25.8. The second-order valence-corrected chi connectivity index (χ2v) is 15.2. The third-order valence-corrected chi connectivity index (χ3v) is 10.0. The molecule has 2 N–H and O–H groups in total. The molecule has 0 aliphatic heterocycles. The van der Waals surface area contributed by atoms with E-state index in [4.69, 9.17) is 4.74 Å². The second kappa shape index (κ2) is 12.3. The fourth-order valence-electron chi connectivity index (χ4n) is 6.58. The van der Waals surface area contributed by atoms with Gasteiger partial charge in [-0.15, -0.1) is 0 Å². The molecule has 0 spiro atoms. The van der Waals surface area contributed by atoms with E-state index >= 15 is 4.39 Å². The summed E-state index contributed by atoms with van der Waals surface area (Å²) >= 11 is 0. The zero-order chi connectivity index (χ0) is 33.6. The molecular formula is C32H36F4N4O5S. The number of halogens is 4. The smallest absolute Gasteiger partial charge is 0.496 e. The number of benzene rings is 2. The molecule has 0 unspecified atom stereocenters. The summed E-state index contributed by atoms with van der Waals surface area (Å²) in [6.45, 7) is 6.91. The molecule has 1 heterocycles. The largest absolute Gasteiger partial charge is 0.501 e. The number of anilines is 1. The van der Waals surface area contributed by atoms with Crippen molar-refractivity contribution in [1.82, 2.24) is 15.1 Å². The Labute approximate surface area is 264 Å². The van der Waals surface area contributed by atoms with E-state index in [1.54, 1.807) is 10.9 Å². The average molecular weight is 665 g/mol. The van der Waals surface area contributed by atoms with Gasteiger partial charge in [0.2, 0.25) is 5.91 Å². The lowest BCUT2D eigenvalue weighted by Gasteiger charge is -2.31. The number of methoxy groups -OCH3 is 1. The van der Waals surface area contributed by atoms with Gasteiger partial charge in [0, 0.05) is 37.0 Å². The molecule has 46 heavy (non-hydrogen) atoms. The summed E-state index contributed by atoms with van der Waals surface area (Å²) < 4.78 is 85.3. The monoisotopic (exact) mass is 664 g/mol. The van der Waals surface area contributed by atoms with E-state index < -0.39 is 49.8 Å². The molecule has 2 aromatic carbocycles. The van der Waals surface area contributed by atoms with Crippen molar-refractivity contribution in [2.45, 2.75) is 69.4 Å². The number of fused-ring (bicyclic) bond motifs is 2. The average Bonchev–Trinajstić information content (AvgIpc) is 3.69. The molecular weight excluding hydrogens is 628 g/mol. The Morgan fingerprint density at radius 3 is 2.48 bits per heavy atom. The number of carbonyl (C=O) groups is 2. The van der Waals surface area contributed by atoms with E-state index in [2.05, 4.69) is 36.5 Å². The van der Waals surface area contributed by atoms with Crippen molar-refractivity contribution in [3.05, 3.63) is 71.3 Å². The molecule has 4 atom stereocenters. The fraction of sp³-hybridized carbons (Fsp3) is 0.469. The molecule has 3 aromatic rings. The van der Waals surface area contributed by atoms with E-state index in [9.17, 15) is 31.2 Å². The number of amides is 2. The molecule has 2 aliphatic carbocycles. The lowest BCUT2D eigenvalue weighted by atomic mass is 9.83. The highest BCUT2D eigenvalue weighted by atomic mass is 32.2. The predicted octanol–water partition coefficient (Wildman–Crippen LogP) is 5.74. The third kappa shape index (κ3) is 6.91. The highest BCUT2D eigenvalue weighted by molar-refractivity contribution is 7.92. The van der Waals surface area contributed by atoms with Crippen molar-refractivity contribution in [3.8, 4) is 5.75 Å². The van der Waals surface area contributed by atoms with Gasteiger partial charge in [-0.2, -0.15) is 18.3 Å². The quantitative estimate of drug-likeness (QED) is 0.282. The number of hydrogen-bond acceptors (Lipinski definition) is 6. The summed E-state index contributed by atoms with van der Waals surface area (Å²) in [5.41, 5.74) is -4.50. The standard InChI is InChI=1S/C32H36F4N4O5S/c1-31(2,3)17-40-16-18(15-37-40)10-21-12-24(26(45-4)14-25(21)33)29(41)39-28-20-9-8-19(11-20)27(28)30(42)38-22-6-5-7-23(13-22)46(43,44)32(34,35)36/h5-7,12-16,19-20,27-28H,8-11,17H2,1-4H3,(H,38,42)(H,39,41)/t19-,20+,27+,28-/m1/s1. The van der Waals surface area contributed by atoms with Crippen LogP contribution in [0.25, 0.3) is 0 Å². The Hall–Kier alpha value is -3.94. The van der Waals surface area contributed by atoms with Crippen molar-refractivity contribution in [2.75, 3.05) is 12.4 Å². The Kier molecular flexibility index (Phi) is 8.97. The van der Waals surface area contributed by atoms with Gasteiger partial charge in [0.15, 0.2) is 0 Å². The highest BCUT2D eigenvalue weighted by Gasteiger charge is 2.52. The van der Waals surface area contributed by atoms with Crippen molar-refractivity contribution in [2.24, 2.45) is 23.2 Å². The summed E-state index contributed by atoms with van der Waals surface area (Å²) in [7, 11) is -4.29. The minimum absolute atomic E-state index is 0.00778. The molecule has 1 aromatic heterocycles. The Bertz CT molecular complexity index is 1750. The van der Waals surface area contributed by atoms with Crippen LogP contribution in [-0.2, 0) is 27.6 Å². The maximum Gasteiger partial charge on any atom is 0.501 e. The number of rotatable bonds is 9. The number of nitrogens with one attached hydrogen (secondary N) is 2. The minimum Gasteiger partial charge on any atom is -0.496 e. The van der Waals surface area contributed by atoms with Gasteiger partial charge in [0.1, 0.15) is 11.6 Å². The van der Waals surface area contributed by atoms with Crippen LogP contribution >= 0.6 is 0 Å². The van der Waals surface area contributed by atoms with Crippen molar-refractivity contribution in [3.63, 3.8) is 0 Å². The molecule has 0 radical (unpaired) electrons. The first kappa shape index (κ1) is 33.4. The summed E-state index contributed by atoms with van der Waals surface area (Å²) in [6, 6.07) is 5.95. The molecule has 5 rings (SSSR count). The molecule has 2 saturated carbocycles. The second-order valence-electron chi connectivity index (χ2n) is 13.3. The number of hydrogen-bond donors (Lipinski definition) is 2. The van der Waals surface area contributed by atoms with Gasteiger partial charge in [-0.05, 0) is 71.9 Å². The number of carbonyl (C=O) groups excluding carboxylic acids is 2. The molecule has 2 bridgehead atoms. The topological polar surface area (TPSA) is 119 Å². The van der Waals surface area contributed by atoms with Gasteiger partial charge in [0.25, 0.3) is 15.7 Å². The first-order valence-corrected chi connectivity index (χ1v) is 16.4. The lowest BCUT2D eigenvalue weighted by Crippen LogP contribution is -2.48. The predicted molar refractivity (Wildman–Crippen MR) is 161 cm³/mol. The fourth-order valence-corrected chi connectivity index (χ4v) is 7.38. The molecule has 2 aliphatic rings. The molecule has 2 amide bonds. The molecule has 9 nitrogen and oxygen atoms in total. The van der Waals surface area contributed by atoms with Crippen LogP contribution in [0.5, 0.6) is 5.75 Å². The molecule has 2 fully saturated rings. The normalized spacial score (nSPS) is 21.3. The highest BCUT2D eigenvalue weighted by Crippen LogP contribution is 2.49. The maximum absolute atomic E-state index is 15.1. The summed E-state index contributed by atoms with van der Waals surface area (Å²) in [5, 5.41) is 9.87. The number of nitrogens with zero attached hydrogens (tertiary/aromatic N) is 2. The number of alkyl halides is 3. The van der Waals surface area contributed by atoms with Crippen LogP contribution < -0.4 is 15.4 Å². The Morgan fingerprint density at radius 2 is 1.80 bits per heavy atom. The molecule has 0 saturated heterocycles. The van der Waals surface area contributed by atoms with E-state index in [1.807, 2.05) is 6.20 Å². The zero-order valence-corrected chi connectivity index (χ0v) is 26.6. The first-order chi connectivity index (χ1) is 21.5. The number of ether oxygens (including phenoxy) is 1. The van der Waals surface area contributed by atoms with Crippen molar-refractivity contribution >= 4 is 27.3 Å². The number of sulfone groups is 1. The van der Waals surface area contributed by atoms with Crippen LogP contribution in [0.1, 0.15) is 61.5 Å². The Morgan fingerprint density at radius 1 is 1.09 bits per heavy atom. The van der Waals surface area contributed by atoms with Crippen LogP contribution in [-0.4, -0.2) is 48.7 Å². The van der Waals surface area contributed by atoms with E-state index in [0.29, 0.717) is 13.0 Å². The van der Waals surface area contributed by atoms with Gasteiger partial charge in [-0.1, -0.05) is 26.8 Å². The van der Waals surface area contributed by atoms with Gasteiger partial charge in [-0.25, -0.2) is 12.8 Å². The van der Waals surface area contributed by atoms with Crippen LogP contribution in [0.2, 0.25) is 0 Å². The third-order valence-electron chi connectivity index (χ3n) is 8.56. The van der Waals surface area contributed by atoms with E-state index in [1.165, 1.54) is 19.2 Å². The molecule has 14 heteroatoms. The number of aromatic nitrogens is 2. The van der Waals surface area contributed by atoms with Crippen molar-refractivity contribution < 1.29 is 40.3 Å². The van der Waals surface area contributed by atoms with Crippen LogP contribution in [0.4, 0.5) is 23.2 Å². The van der Waals surface area contributed by atoms with E-state index in [-0.39, 0.29) is 46.2 Å². The van der Waals surface area contributed by atoms with Gasteiger partial charge >= 0.3 is 5.51 Å². The first-order valence-electron chi connectivity index (χ1n) is 14.9. The summed E-state index contributed by atoms with van der Waals surface area (Å²) in [6.07, 6.45) is 5.83. The van der Waals surface area contributed by atoms with Crippen LogP contribution in [0.3, 0.4) is 0 Å². The van der Waals surface area contributed by atoms with Gasteiger partial charge in [-0.3, -0.25) is 14.3 Å². The van der Waals surface area contributed by atoms with Gasteiger partial charge < -0.3 is 15.4 Å². The minimum atomic E-state index is -5.61. The van der Waals surface area contributed by atoms with E-state index in [0.717, 1.165) is 42.7 Å². The maximum atomic E-state index is 15.1. The van der Waals surface area contributed by atoms with Crippen LogP contribution in [0, 0.1) is 29.0 Å². The summed E-state index contributed by atoms with van der Waals surface area (Å²) in [4.78, 5) is 26.2. The summed E-state index contributed by atoms with van der Waals surface area (Å²) in [5.74, 6) is -2.47. The van der Waals surface area contributed by atoms with Crippen molar-refractivity contribution in [1.29, 1.82) is 0 Å². The Balaban J connectivity index is 1.35. The van der Waals surface area contributed by atoms with Crippen LogP contribution in [0.15, 0.2) is 53.7 Å².